The lowest BCUT2D eigenvalue weighted by atomic mass is 9.66. The molecule has 0 aromatic heterocycles. The van der Waals surface area contributed by atoms with E-state index in [2.05, 4.69) is 5.32 Å². The molecule has 2 fully saturated rings. The molecule has 1 heterocycles. The van der Waals surface area contributed by atoms with Gasteiger partial charge >= 0.3 is 0 Å². The zero-order chi connectivity index (χ0) is 15.0. The Bertz CT molecular complexity index is 656. The molecule has 22 heavy (non-hydrogen) atoms. The van der Waals surface area contributed by atoms with Crippen molar-refractivity contribution in [3.05, 3.63) is 54.3 Å². The predicted octanol–water partition coefficient (Wildman–Crippen LogP) is 4.01. The van der Waals surface area contributed by atoms with Crippen molar-refractivity contribution in [1.82, 2.24) is 5.32 Å². The number of nitrogens with one attached hydrogen (secondary N) is 1. The standard InChI is InChI=1S/C19H20FNO/c20-18-10-15(6-7-17(18)14-4-2-1-3-5-14)22-16-11-19(12-16)8-9-21-13-19/h1-7,10,16,21H,8-9,11-13H2. The minimum atomic E-state index is -0.222. The molecule has 1 aliphatic heterocycles. The van der Waals surface area contributed by atoms with Crippen LogP contribution in [-0.2, 0) is 0 Å². The second kappa shape index (κ2) is 5.40. The van der Waals surface area contributed by atoms with Crippen LogP contribution in [0.2, 0.25) is 0 Å². The lowest BCUT2D eigenvalue weighted by molar-refractivity contribution is -0.00132. The van der Waals surface area contributed by atoms with Crippen LogP contribution in [0.1, 0.15) is 19.3 Å². The van der Waals surface area contributed by atoms with Gasteiger partial charge in [-0.25, -0.2) is 4.39 Å². The van der Waals surface area contributed by atoms with Gasteiger partial charge in [0.1, 0.15) is 11.6 Å². The molecule has 0 atom stereocenters. The maximum atomic E-state index is 14.3. The van der Waals surface area contributed by atoms with Gasteiger partial charge in [-0.05, 0) is 48.9 Å². The Morgan fingerprint density at radius 2 is 1.91 bits per heavy atom. The molecule has 1 saturated carbocycles. The smallest absolute Gasteiger partial charge is 0.134 e. The topological polar surface area (TPSA) is 21.3 Å². The molecule has 114 valence electrons. The van der Waals surface area contributed by atoms with E-state index in [0.29, 0.717) is 16.7 Å². The lowest BCUT2D eigenvalue weighted by Gasteiger charge is -2.44. The molecule has 2 aromatic rings. The molecular weight excluding hydrogens is 277 g/mol. The van der Waals surface area contributed by atoms with Crippen molar-refractivity contribution in [2.45, 2.75) is 25.4 Å². The summed E-state index contributed by atoms with van der Waals surface area (Å²) in [5.41, 5.74) is 1.97. The van der Waals surface area contributed by atoms with Gasteiger partial charge < -0.3 is 10.1 Å². The fourth-order valence-electron chi connectivity index (χ4n) is 3.75. The first kappa shape index (κ1) is 13.8. The van der Waals surface area contributed by atoms with Crippen LogP contribution >= 0.6 is 0 Å². The molecule has 2 aromatic carbocycles. The van der Waals surface area contributed by atoms with Gasteiger partial charge in [-0.1, -0.05) is 30.3 Å². The first-order valence-corrected chi connectivity index (χ1v) is 7.97. The van der Waals surface area contributed by atoms with Gasteiger partial charge in [0.2, 0.25) is 0 Å². The third kappa shape index (κ3) is 2.50. The van der Waals surface area contributed by atoms with Crippen molar-refractivity contribution in [2.24, 2.45) is 5.41 Å². The lowest BCUT2D eigenvalue weighted by Crippen LogP contribution is -2.45. The highest BCUT2D eigenvalue weighted by Gasteiger charge is 2.47. The van der Waals surface area contributed by atoms with Crippen molar-refractivity contribution in [1.29, 1.82) is 0 Å². The zero-order valence-corrected chi connectivity index (χ0v) is 12.5. The van der Waals surface area contributed by atoms with Crippen LogP contribution in [0.3, 0.4) is 0 Å². The van der Waals surface area contributed by atoms with Crippen LogP contribution in [0.5, 0.6) is 5.75 Å². The van der Waals surface area contributed by atoms with Crippen LogP contribution in [0.4, 0.5) is 4.39 Å². The summed E-state index contributed by atoms with van der Waals surface area (Å²) in [4.78, 5) is 0. The summed E-state index contributed by atoms with van der Waals surface area (Å²) in [6.07, 6.45) is 3.65. The maximum Gasteiger partial charge on any atom is 0.134 e. The van der Waals surface area contributed by atoms with Gasteiger partial charge in [-0.2, -0.15) is 0 Å². The first-order chi connectivity index (χ1) is 10.7. The fraction of sp³-hybridized carbons (Fsp3) is 0.368. The molecular formula is C19H20FNO. The van der Waals surface area contributed by atoms with Crippen LogP contribution in [0.15, 0.2) is 48.5 Å². The molecule has 0 radical (unpaired) electrons. The van der Waals surface area contributed by atoms with E-state index >= 15 is 0 Å². The summed E-state index contributed by atoms with van der Waals surface area (Å²) in [6, 6.07) is 14.8. The summed E-state index contributed by atoms with van der Waals surface area (Å²) < 4.78 is 20.3. The van der Waals surface area contributed by atoms with Crippen molar-refractivity contribution in [2.75, 3.05) is 13.1 Å². The normalized spacial score (nSPS) is 26.9. The minimum Gasteiger partial charge on any atom is -0.490 e. The molecule has 1 N–H and O–H groups in total. The van der Waals surface area contributed by atoms with E-state index in [1.54, 1.807) is 0 Å². The SMILES string of the molecule is Fc1cc(OC2CC3(CCNC3)C2)ccc1-c1ccccc1. The van der Waals surface area contributed by atoms with E-state index < -0.39 is 0 Å². The Labute approximate surface area is 130 Å². The van der Waals surface area contributed by atoms with Gasteiger partial charge in [0.05, 0.1) is 6.10 Å². The van der Waals surface area contributed by atoms with Crippen molar-refractivity contribution in [3.63, 3.8) is 0 Å². The van der Waals surface area contributed by atoms with Gasteiger partial charge in [-0.15, -0.1) is 0 Å². The van der Waals surface area contributed by atoms with E-state index in [9.17, 15) is 4.39 Å². The third-order valence-corrected chi connectivity index (χ3v) is 4.98. The molecule has 0 unspecified atom stereocenters. The predicted molar refractivity (Wildman–Crippen MR) is 85.4 cm³/mol. The Hall–Kier alpha value is -1.87. The van der Waals surface area contributed by atoms with Crippen molar-refractivity contribution in [3.8, 4) is 16.9 Å². The summed E-state index contributed by atoms with van der Waals surface area (Å²) >= 11 is 0. The quantitative estimate of drug-likeness (QED) is 0.924. The van der Waals surface area contributed by atoms with Crippen LogP contribution in [0.25, 0.3) is 11.1 Å². The molecule has 0 amide bonds. The minimum absolute atomic E-state index is 0.222. The molecule has 4 rings (SSSR count). The number of ether oxygens (including phenoxy) is 1. The van der Waals surface area contributed by atoms with Crippen LogP contribution in [0, 0.1) is 11.2 Å². The molecule has 1 aliphatic carbocycles. The van der Waals surface area contributed by atoms with Gasteiger partial charge in [0, 0.05) is 18.2 Å². The second-order valence-electron chi connectivity index (χ2n) is 6.58. The Kier molecular flexibility index (Phi) is 3.38. The number of halogens is 1. The summed E-state index contributed by atoms with van der Waals surface area (Å²) in [5, 5.41) is 3.42. The van der Waals surface area contributed by atoms with Crippen molar-refractivity contribution < 1.29 is 9.13 Å². The number of hydrogen-bond donors (Lipinski definition) is 1. The highest BCUT2D eigenvalue weighted by Crippen LogP contribution is 2.47. The second-order valence-corrected chi connectivity index (χ2v) is 6.58. The number of benzene rings is 2. The summed E-state index contributed by atoms with van der Waals surface area (Å²) in [5.74, 6) is 0.420. The molecule has 2 aliphatic rings. The monoisotopic (exact) mass is 297 g/mol. The maximum absolute atomic E-state index is 14.3. The van der Waals surface area contributed by atoms with Gasteiger partial charge in [-0.3, -0.25) is 0 Å². The highest BCUT2D eigenvalue weighted by molar-refractivity contribution is 5.64. The number of hydrogen-bond acceptors (Lipinski definition) is 2. The average Bonchev–Trinajstić information content (AvgIpc) is 2.98. The van der Waals surface area contributed by atoms with Crippen molar-refractivity contribution >= 4 is 0 Å². The molecule has 2 nitrogen and oxygen atoms in total. The van der Waals surface area contributed by atoms with Crippen LogP contribution < -0.4 is 10.1 Å². The Balaban J connectivity index is 1.45. The highest BCUT2D eigenvalue weighted by atomic mass is 19.1. The van der Waals surface area contributed by atoms with E-state index in [1.165, 1.54) is 12.5 Å². The fourth-order valence-corrected chi connectivity index (χ4v) is 3.75. The first-order valence-electron chi connectivity index (χ1n) is 7.97. The zero-order valence-electron chi connectivity index (χ0n) is 12.5. The van der Waals surface area contributed by atoms with Gasteiger partial charge in [0.15, 0.2) is 0 Å². The third-order valence-electron chi connectivity index (χ3n) is 4.98. The van der Waals surface area contributed by atoms with E-state index in [1.807, 2.05) is 42.5 Å². The molecule has 1 saturated heterocycles. The summed E-state index contributed by atoms with van der Waals surface area (Å²) in [6.45, 7) is 2.22. The summed E-state index contributed by atoms with van der Waals surface area (Å²) in [7, 11) is 0. The Morgan fingerprint density at radius 1 is 1.09 bits per heavy atom. The van der Waals surface area contributed by atoms with E-state index in [0.717, 1.165) is 31.5 Å². The van der Waals surface area contributed by atoms with E-state index in [4.69, 9.17) is 4.74 Å². The van der Waals surface area contributed by atoms with Gasteiger partial charge in [0.25, 0.3) is 0 Å². The average molecular weight is 297 g/mol. The molecule has 3 heteroatoms. The van der Waals surface area contributed by atoms with E-state index in [-0.39, 0.29) is 11.9 Å². The number of rotatable bonds is 3. The largest absolute Gasteiger partial charge is 0.490 e. The molecule has 1 spiro atoms. The molecule has 0 bridgehead atoms. The van der Waals surface area contributed by atoms with Crippen LogP contribution in [-0.4, -0.2) is 19.2 Å². The Morgan fingerprint density at radius 3 is 2.59 bits per heavy atom.